The minimum Gasteiger partial charge on any atom is -0.464 e. The number of Topliss-reactive ketones (excluding diaryl/α,β-unsaturated/α-hetero) is 1. The number of ketones is 1. The van der Waals surface area contributed by atoms with E-state index in [4.69, 9.17) is 9.47 Å². The molecule has 0 aromatic rings. The third-order valence-electron chi connectivity index (χ3n) is 5.62. The van der Waals surface area contributed by atoms with Crippen molar-refractivity contribution in [3.8, 4) is 0 Å². The summed E-state index contributed by atoms with van der Waals surface area (Å²) >= 11 is 0. The first-order chi connectivity index (χ1) is 15.9. The second-order valence-electron chi connectivity index (χ2n) is 8.74. The number of hydrogen-bond acceptors (Lipinski definition) is 6. The van der Waals surface area contributed by atoms with E-state index in [1.54, 1.807) is 0 Å². The van der Waals surface area contributed by atoms with E-state index in [0.717, 1.165) is 12.8 Å². The van der Waals surface area contributed by atoms with Gasteiger partial charge in [0.1, 0.15) is 13.2 Å². The molecule has 0 heterocycles. The lowest BCUT2D eigenvalue weighted by Gasteiger charge is -2.21. The summed E-state index contributed by atoms with van der Waals surface area (Å²) in [6, 6.07) is 0. The summed E-state index contributed by atoms with van der Waals surface area (Å²) in [5, 5.41) is 0. The highest BCUT2D eigenvalue weighted by atomic mass is 16.5. The van der Waals surface area contributed by atoms with Crippen LogP contribution in [0, 0.1) is 0 Å². The molecule has 0 aromatic heterocycles. The molecule has 0 bridgehead atoms. The normalized spacial score (nSPS) is 10.6. The van der Waals surface area contributed by atoms with Gasteiger partial charge in [-0.25, -0.2) is 0 Å². The van der Waals surface area contributed by atoms with Crippen LogP contribution in [0.1, 0.15) is 117 Å². The van der Waals surface area contributed by atoms with Crippen LogP contribution < -0.4 is 0 Å². The van der Waals surface area contributed by atoms with E-state index in [9.17, 15) is 19.2 Å². The van der Waals surface area contributed by atoms with Crippen molar-refractivity contribution in [2.24, 2.45) is 0 Å². The number of nitrogens with zero attached hydrogens (tertiary/aromatic N) is 1. The largest absolute Gasteiger partial charge is 0.464 e. The van der Waals surface area contributed by atoms with Crippen molar-refractivity contribution in [1.82, 2.24) is 4.90 Å². The molecule has 0 radical (unpaired) electrons. The maximum Gasteiger partial charge on any atom is 0.302 e. The SMILES string of the molecule is CCCCCCCCCCCCCCCCC(=O)C(=O)N(CCOC(C)=O)CCOC(C)=O. The van der Waals surface area contributed by atoms with Gasteiger partial charge in [0.2, 0.25) is 5.78 Å². The Bertz CT molecular complexity index is 529. The Labute approximate surface area is 200 Å². The summed E-state index contributed by atoms with van der Waals surface area (Å²) in [6.07, 6.45) is 17.5. The standard InChI is InChI=1S/C26H47NO6/c1-4-5-6-7-8-9-10-11-12-13-14-15-16-17-18-25(30)26(31)27(19-21-32-23(2)28)20-22-33-24(3)29/h4-22H2,1-3H3. The maximum atomic E-state index is 12.5. The lowest BCUT2D eigenvalue weighted by Crippen LogP contribution is -2.41. The Morgan fingerprint density at radius 3 is 1.30 bits per heavy atom. The van der Waals surface area contributed by atoms with Gasteiger partial charge < -0.3 is 14.4 Å². The topological polar surface area (TPSA) is 90.0 Å². The Hall–Kier alpha value is -1.92. The van der Waals surface area contributed by atoms with Gasteiger partial charge in [-0.2, -0.15) is 0 Å². The average molecular weight is 470 g/mol. The summed E-state index contributed by atoms with van der Waals surface area (Å²) in [4.78, 5) is 47.9. The molecule has 0 aliphatic rings. The van der Waals surface area contributed by atoms with E-state index in [1.165, 1.54) is 89.4 Å². The van der Waals surface area contributed by atoms with Gasteiger partial charge in [-0.1, -0.05) is 90.4 Å². The second kappa shape index (κ2) is 21.9. The lowest BCUT2D eigenvalue weighted by molar-refractivity contribution is -0.149. The number of esters is 2. The van der Waals surface area contributed by atoms with Gasteiger partial charge in [0, 0.05) is 20.3 Å². The Morgan fingerprint density at radius 2 is 0.939 bits per heavy atom. The molecule has 0 aliphatic carbocycles. The first-order valence-electron chi connectivity index (χ1n) is 13.0. The Morgan fingerprint density at radius 1 is 0.576 bits per heavy atom. The fourth-order valence-electron chi connectivity index (χ4n) is 3.68. The Balaban J connectivity index is 3.89. The van der Waals surface area contributed by atoms with Crippen molar-refractivity contribution >= 4 is 23.6 Å². The van der Waals surface area contributed by atoms with Gasteiger partial charge in [-0.05, 0) is 6.42 Å². The molecule has 0 aromatic carbocycles. The van der Waals surface area contributed by atoms with Crippen LogP contribution in [0.3, 0.4) is 0 Å². The van der Waals surface area contributed by atoms with Crippen molar-refractivity contribution in [2.45, 2.75) is 117 Å². The van der Waals surface area contributed by atoms with Crippen molar-refractivity contribution < 1.29 is 28.7 Å². The molecule has 1 amide bonds. The number of carbonyl (C=O) groups excluding carboxylic acids is 4. The van der Waals surface area contributed by atoms with Crippen LogP contribution >= 0.6 is 0 Å². The Kier molecular flexibility index (Phi) is 20.6. The zero-order valence-corrected chi connectivity index (χ0v) is 21.3. The molecule has 0 unspecified atom stereocenters. The fraction of sp³-hybridized carbons (Fsp3) is 0.846. The van der Waals surface area contributed by atoms with Crippen molar-refractivity contribution in [2.75, 3.05) is 26.3 Å². The third-order valence-corrected chi connectivity index (χ3v) is 5.62. The predicted octanol–water partition coefficient (Wildman–Crippen LogP) is 5.38. The monoisotopic (exact) mass is 469 g/mol. The van der Waals surface area contributed by atoms with E-state index in [0.29, 0.717) is 6.42 Å². The van der Waals surface area contributed by atoms with E-state index in [2.05, 4.69) is 6.92 Å². The first kappa shape index (κ1) is 31.1. The van der Waals surface area contributed by atoms with E-state index in [-0.39, 0.29) is 32.7 Å². The highest BCUT2D eigenvalue weighted by Gasteiger charge is 2.21. The molecule has 7 nitrogen and oxygen atoms in total. The molecule has 0 fully saturated rings. The van der Waals surface area contributed by atoms with Gasteiger partial charge >= 0.3 is 11.9 Å². The van der Waals surface area contributed by atoms with Crippen LogP contribution in [-0.2, 0) is 28.7 Å². The smallest absolute Gasteiger partial charge is 0.302 e. The highest BCUT2D eigenvalue weighted by Crippen LogP contribution is 2.13. The molecule has 33 heavy (non-hydrogen) atoms. The lowest BCUT2D eigenvalue weighted by atomic mass is 10.0. The third kappa shape index (κ3) is 20.4. The molecule has 7 heteroatoms. The fourth-order valence-corrected chi connectivity index (χ4v) is 3.68. The molecule has 0 saturated carbocycles. The number of carbonyl (C=O) groups is 4. The number of amides is 1. The molecule has 192 valence electrons. The van der Waals surface area contributed by atoms with Gasteiger partial charge in [-0.3, -0.25) is 19.2 Å². The number of rotatable bonds is 22. The van der Waals surface area contributed by atoms with Crippen LogP contribution in [0.15, 0.2) is 0 Å². The van der Waals surface area contributed by atoms with Crippen LogP contribution in [0.25, 0.3) is 0 Å². The quantitative estimate of drug-likeness (QED) is 0.120. The molecule has 0 atom stereocenters. The molecule has 0 spiro atoms. The summed E-state index contributed by atoms with van der Waals surface area (Å²) < 4.78 is 9.73. The summed E-state index contributed by atoms with van der Waals surface area (Å²) in [7, 11) is 0. The number of ether oxygens (including phenoxy) is 2. The maximum absolute atomic E-state index is 12.5. The van der Waals surface area contributed by atoms with Crippen LogP contribution in [0.4, 0.5) is 0 Å². The van der Waals surface area contributed by atoms with Crippen LogP contribution in [0.2, 0.25) is 0 Å². The summed E-state index contributed by atoms with van der Waals surface area (Å²) in [5.74, 6) is -1.95. The molecule has 0 N–H and O–H groups in total. The molecule has 0 aliphatic heterocycles. The number of hydrogen-bond donors (Lipinski definition) is 0. The van der Waals surface area contributed by atoms with Crippen molar-refractivity contribution in [3.05, 3.63) is 0 Å². The highest BCUT2D eigenvalue weighted by molar-refractivity contribution is 6.36. The van der Waals surface area contributed by atoms with Gasteiger partial charge in [0.05, 0.1) is 13.1 Å². The first-order valence-corrected chi connectivity index (χ1v) is 13.0. The van der Waals surface area contributed by atoms with E-state index >= 15 is 0 Å². The molecular formula is C26H47NO6. The minimum absolute atomic E-state index is 0.00722. The van der Waals surface area contributed by atoms with Crippen molar-refractivity contribution in [1.29, 1.82) is 0 Å². The van der Waals surface area contributed by atoms with E-state index < -0.39 is 23.6 Å². The predicted molar refractivity (Wildman–Crippen MR) is 130 cm³/mol. The van der Waals surface area contributed by atoms with Crippen LogP contribution in [-0.4, -0.2) is 54.8 Å². The van der Waals surface area contributed by atoms with Crippen LogP contribution in [0.5, 0.6) is 0 Å². The molecule has 0 rings (SSSR count). The minimum atomic E-state index is -0.607. The molecular weight excluding hydrogens is 422 g/mol. The van der Waals surface area contributed by atoms with Gasteiger partial charge in [0.15, 0.2) is 0 Å². The zero-order chi connectivity index (χ0) is 24.7. The van der Waals surface area contributed by atoms with Gasteiger partial charge in [-0.15, -0.1) is 0 Å². The summed E-state index contributed by atoms with van der Waals surface area (Å²) in [5.41, 5.74) is 0. The van der Waals surface area contributed by atoms with E-state index in [1.807, 2.05) is 0 Å². The summed E-state index contributed by atoms with van der Waals surface area (Å²) in [6.45, 7) is 5.03. The average Bonchev–Trinajstić information content (AvgIpc) is 2.77. The molecule has 0 saturated heterocycles. The second-order valence-corrected chi connectivity index (χ2v) is 8.74. The van der Waals surface area contributed by atoms with Crippen molar-refractivity contribution in [3.63, 3.8) is 0 Å². The number of unbranched alkanes of at least 4 members (excludes halogenated alkanes) is 13. The van der Waals surface area contributed by atoms with Gasteiger partial charge in [0.25, 0.3) is 5.91 Å². The zero-order valence-electron chi connectivity index (χ0n) is 21.3.